The van der Waals surface area contributed by atoms with E-state index in [1.54, 1.807) is 4.90 Å². The van der Waals surface area contributed by atoms with Gasteiger partial charge in [-0.1, -0.05) is 18.2 Å². The Bertz CT molecular complexity index is 539. The third-order valence-electron chi connectivity index (χ3n) is 4.51. The number of hydrogen-bond donors (Lipinski definition) is 1. The lowest BCUT2D eigenvalue weighted by molar-refractivity contribution is -0.150. The van der Waals surface area contributed by atoms with E-state index in [1.165, 1.54) is 0 Å². The molecule has 1 atom stereocenters. The van der Waals surface area contributed by atoms with Crippen molar-refractivity contribution in [2.24, 2.45) is 0 Å². The number of amides is 1. The van der Waals surface area contributed by atoms with Crippen LogP contribution in [-0.4, -0.2) is 79.0 Å². The molecule has 2 saturated heterocycles. The normalized spacial score (nSPS) is 20.9. The molecule has 1 N–H and O–H groups in total. The van der Waals surface area contributed by atoms with Gasteiger partial charge in [-0.2, -0.15) is 0 Å². The first-order valence-electron chi connectivity index (χ1n) is 8.12. The summed E-state index contributed by atoms with van der Waals surface area (Å²) in [6.07, 6.45) is -1.11. The van der Waals surface area contributed by atoms with Crippen LogP contribution in [0.3, 0.4) is 0 Å². The number of ether oxygens (including phenoxy) is 2. The minimum Gasteiger partial charge on any atom is -0.490 e. The van der Waals surface area contributed by atoms with Crippen molar-refractivity contribution in [3.63, 3.8) is 0 Å². The van der Waals surface area contributed by atoms with Gasteiger partial charge in [0.05, 0.1) is 13.2 Å². The van der Waals surface area contributed by atoms with Gasteiger partial charge >= 0.3 is 0 Å². The second-order valence-electron chi connectivity index (χ2n) is 6.14. The van der Waals surface area contributed by atoms with Gasteiger partial charge in [0.2, 0.25) is 0 Å². The van der Waals surface area contributed by atoms with Crippen molar-refractivity contribution in [2.45, 2.75) is 19.1 Å². The van der Waals surface area contributed by atoms with Crippen LogP contribution in [0.4, 0.5) is 0 Å². The second kappa shape index (κ2) is 7.29. The largest absolute Gasteiger partial charge is 0.490 e. The molecule has 0 spiro atoms. The molecule has 0 aromatic heterocycles. The summed E-state index contributed by atoms with van der Waals surface area (Å²) < 4.78 is 10.9. The molecule has 1 unspecified atom stereocenters. The fourth-order valence-electron chi connectivity index (χ4n) is 2.98. The Kier molecular flexibility index (Phi) is 5.15. The fourth-order valence-corrected chi connectivity index (χ4v) is 2.98. The fraction of sp³-hybridized carbons (Fsp3) is 0.588. The minimum absolute atomic E-state index is 0.0115. The molecule has 2 heterocycles. The Morgan fingerprint density at radius 3 is 2.74 bits per heavy atom. The van der Waals surface area contributed by atoms with Crippen molar-refractivity contribution < 1.29 is 19.4 Å². The van der Waals surface area contributed by atoms with Crippen molar-refractivity contribution in [1.29, 1.82) is 0 Å². The van der Waals surface area contributed by atoms with Crippen LogP contribution in [0, 0.1) is 6.92 Å². The number of para-hydroxylation sites is 1. The third-order valence-corrected chi connectivity index (χ3v) is 4.51. The zero-order chi connectivity index (χ0) is 16.2. The number of benzene rings is 1. The van der Waals surface area contributed by atoms with Crippen LogP contribution in [0.5, 0.6) is 5.75 Å². The van der Waals surface area contributed by atoms with E-state index in [4.69, 9.17) is 9.47 Å². The third kappa shape index (κ3) is 3.83. The first-order valence-corrected chi connectivity index (χ1v) is 8.12. The monoisotopic (exact) mass is 320 g/mol. The van der Waals surface area contributed by atoms with Crippen LogP contribution in [0.1, 0.15) is 5.56 Å². The quantitative estimate of drug-likeness (QED) is 0.844. The molecule has 6 nitrogen and oxygen atoms in total. The molecule has 1 aromatic carbocycles. The first kappa shape index (κ1) is 16.2. The zero-order valence-electron chi connectivity index (χ0n) is 13.5. The van der Waals surface area contributed by atoms with E-state index < -0.39 is 6.10 Å². The number of hydrogen-bond acceptors (Lipinski definition) is 5. The summed E-state index contributed by atoms with van der Waals surface area (Å²) in [6.45, 7) is 6.65. The first-order chi connectivity index (χ1) is 11.1. The smallest absolute Gasteiger partial charge is 0.255 e. The number of morpholine rings is 1. The lowest BCUT2D eigenvalue weighted by Crippen LogP contribution is -2.64. The summed E-state index contributed by atoms with van der Waals surface area (Å²) in [7, 11) is 0. The summed E-state index contributed by atoms with van der Waals surface area (Å²) in [4.78, 5) is 16.3. The SMILES string of the molecule is Cc1ccccc1OCC(O)C(=O)N1CC(N2CCOCC2)C1. The molecule has 0 saturated carbocycles. The maximum Gasteiger partial charge on any atom is 0.255 e. The Morgan fingerprint density at radius 1 is 1.35 bits per heavy atom. The lowest BCUT2D eigenvalue weighted by atomic mass is 10.1. The van der Waals surface area contributed by atoms with E-state index in [1.807, 2.05) is 31.2 Å². The van der Waals surface area contributed by atoms with Crippen molar-refractivity contribution >= 4 is 5.91 Å². The van der Waals surface area contributed by atoms with Gasteiger partial charge in [0, 0.05) is 32.2 Å². The molecule has 1 amide bonds. The molecule has 0 aliphatic carbocycles. The highest BCUT2D eigenvalue weighted by Crippen LogP contribution is 2.19. The molecule has 23 heavy (non-hydrogen) atoms. The number of carbonyl (C=O) groups excluding carboxylic acids is 1. The van der Waals surface area contributed by atoms with E-state index >= 15 is 0 Å². The van der Waals surface area contributed by atoms with Gasteiger partial charge in [-0.15, -0.1) is 0 Å². The highest BCUT2D eigenvalue weighted by atomic mass is 16.5. The number of carbonyl (C=O) groups is 1. The molecule has 1 aromatic rings. The van der Waals surface area contributed by atoms with E-state index in [0.29, 0.717) is 24.9 Å². The van der Waals surface area contributed by atoms with E-state index in [0.717, 1.165) is 31.9 Å². The van der Waals surface area contributed by atoms with Crippen molar-refractivity contribution in [3.05, 3.63) is 29.8 Å². The minimum atomic E-state index is -1.11. The van der Waals surface area contributed by atoms with Gasteiger partial charge < -0.3 is 19.5 Å². The Hall–Kier alpha value is -1.63. The predicted octanol–water partition coefficient (Wildman–Crippen LogP) is 0.278. The molecule has 126 valence electrons. The number of aryl methyl sites for hydroxylation is 1. The summed E-state index contributed by atoms with van der Waals surface area (Å²) in [5, 5.41) is 10.1. The number of likely N-dealkylation sites (tertiary alicyclic amines) is 1. The Balaban J connectivity index is 1.43. The van der Waals surface area contributed by atoms with Crippen LogP contribution < -0.4 is 4.74 Å². The number of aliphatic hydroxyl groups excluding tert-OH is 1. The number of rotatable bonds is 5. The van der Waals surface area contributed by atoms with Gasteiger partial charge in [-0.05, 0) is 18.6 Å². The number of nitrogens with zero attached hydrogens (tertiary/aromatic N) is 2. The van der Waals surface area contributed by atoms with Crippen LogP contribution >= 0.6 is 0 Å². The standard InChI is InChI=1S/C17H24N2O4/c1-13-4-2-3-5-16(13)23-12-15(20)17(21)19-10-14(11-19)18-6-8-22-9-7-18/h2-5,14-15,20H,6-12H2,1H3. The van der Waals surface area contributed by atoms with Crippen molar-refractivity contribution in [2.75, 3.05) is 46.0 Å². The van der Waals surface area contributed by atoms with Gasteiger partial charge in [-0.25, -0.2) is 0 Å². The van der Waals surface area contributed by atoms with E-state index in [2.05, 4.69) is 4.90 Å². The van der Waals surface area contributed by atoms with E-state index in [9.17, 15) is 9.90 Å². The van der Waals surface area contributed by atoms with Crippen molar-refractivity contribution in [1.82, 2.24) is 9.80 Å². The topological polar surface area (TPSA) is 62.2 Å². The van der Waals surface area contributed by atoms with Crippen molar-refractivity contribution in [3.8, 4) is 5.75 Å². The number of aliphatic hydroxyl groups is 1. The van der Waals surface area contributed by atoms with Crippen LogP contribution in [0.2, 0.25) is 0 Å². The molecule has 2 aliphatic heterocycles. The maximum atomic E-state index is 12.2. The molecule has 2 aliphatic rings. The molecule has 0 bridgehead atoms. The highest BCUT2D eigenvalue weighted by molar-refractivity contribution is 5.81. The average molecular weight is 320 g/mol. The van der Waals surface area contributed by atoms with Gasteiger partial charge in [-0.3, -0.25) is 9.69 Å². The predicted molar refractivity (Wildman–Crippen MR) is 85.4 cm³/mol. The second-order valence-corrected chi connectivity index (χ2v) is 6.14. The van der Waals surface area contributed by atoms with Crippen LogP contribution in [0.25, 0.3) is 0 Å². The van der Waals surface area contributed by atoms with Gasteiger partial charge in [0.15, 0.2) is 6.10 Å². The van der Waals surface area contributed by atoms with E-state index in [-0.39, 0.29) is 12.5 Å². The maximum absolute atomic E-state index is 12.2. The van der Waals surface area contributed by atoms with Gasteiger partial charge in [0.1, 0.15) is 12.4 Å². The molecular weight excluding hydrogens is 296 g/mol. The lowest BCUT2D eigenvalue weighted by Gasteiger charge is -2.47. The summed E-state index contributed by atoms with van der Waals surface area (Å²) >= 11 is 0. The molecule has 6 heteroatoms. The zero-order valence-corrected chi connectivity index (χ0v) is 13.5. The van der Waals surface area contributed by atoms with Crippen LogP contribution in [0.15, 0.2) is 24.3 Å². The summed E-state index contributed by atoms with van der Waals surface area (Å²) in [5.41, 5.74) is 0.989. The molecule has 0 radical (unpaired) electrons. The highest BCUT2D eigenvalue weighted by Gasteiger charge is 2.37. The van der Waals surface area contributed by atoms with Crippen LogP contribution in [-0.2, 0) is 9.53 Å². The molecular formula is C17H24N2O4. The summed E-state index contributed by atoms with van der Waals surface area (Å²) in [5.74, 6) is 0.456. The average Bonchev–Trinajstić information content (AvgIpc) is 2.53. The van der Waals surface area contributed by atoms with Gasteiger partial charge in [0.25, 0.3) is 5.91 Å². The Labute approximate surface area is 136 Å². The Morgan fingerprint density at radius 2 is 2.04 bits per heavy atom. The summed E-state index contributed by atoms with van der Waals surface area (Å²) in [6, 6.07) is 7.97. The molecule has 2 fully saturated rings. The molecule has 3 rings (SSSR count).